The van der Waals surface area contributed by atoms with E-state index >= 15 is 0 Å². The van der Waals surface area contributed by atoms with Gasteiger partial charge in [0.2, 0.25) is 5.91 Å². The minimum Gasteiger partial charge on any atom is -0.367 e. The number of aromatic nitrogens is 2. The molecule has 2 N–H and O–H groups in total. The summed E-state index contributed by atoms with van der Waals surface area (Å²) in [5.74, 6) is -0.0234. The lowest BCUT2D eigenvalue weighted by Crippen LogP contribution is -2.53. The Bertz CT molecular complexity index is 1420. The maximum absolute atomic E-state index is 14.1. The normalized spacial score (nSPS) is 20.1. The van der Waals surface area contributed by atoms with Crippen molar-refractivity contribution in [2.45, 2.75) is 44.2 Å². The van der Waals surface area contributed by atoms with Crippen LogP contribution in [0.15, 0.2) is 73.1 Å². The summed E-state index contributed by atoms with van der Waals surface area (Å²) in [5.41, 5.74) is 5.40. The Morgan fingerprint density at radius 2 is 1.76 bits per heavy atom. The van der Waals surface area contributed by atoms with Crippen molar-refractivity contribution in [2.24, 2.45) is 0 Å². The SMILES string of the molecule is CC1(C)CC[C@@H]([C@@H](C(=O)N2CCN(c3c(-c4ccccc4)cnc4[nH]ccc34)CC2)c2ccc(Cl)cc2)N1. The van der Waals surface area contributed by atoms with Crippen LogP contribution in [0.25, 0.3) is 22.2 Å². The number of carbonyl (C=O) groups is 1. The van der Waals surface area contributed by atoms with E-state index in [0.717, 1.165) is 53.7 Å². The van der Waals surface area contributed by atoms with E-state index in [-0.39, 0.29) is 23.4 Å². The summed E-state index contributed by atoms with van der Waals surface area (Å²) < 4.78 is 0. The monoisotopic (exact) mass is 527 g/mol. The van der Waals surface area contributed by atoms with E-state index in [2.05, 4.69) is 69.3 Å². The molecule has 2 aliphatic rings. The van der Waals surface area contributed by atoms with Crippen molar-refractivity contribution >= 4 is 34.2 Å². The van der Waals surface area contributed by atoms with Gasteiger partial charge in [-0.15, -0.1) is 0 Å². The van der Waals surface area contributed by atoms with Crippen molar-refractivity contribution < 1.29 is 4.79 Å². The Morgan fingerprint density at radius 1 is 1.03 bits per heavy atom. The lowest BCUT2D eigenvalue weighted by Gasteiger charge is -2.39. The molecule has 6 rings (SSSR count). The molecule has 38 heavy (non-hydrogen) atoms. The first-order valence-corrected chi connectivity index (χ1v) is 13.9. The van der Waals surface area contributed by atoms with Gasteiger partial charge in [0.05, 0.1) is 11.6 Å². The average molecular weight is 528 g/mol. The van der Waals surface area contributed by atoms with Crippen LogP contribution in [0.3, 0.4) is 0 Å². The van der Waals surface area contributed by atoms with Crippen LogP contribution in [0.4, 0.5) is 5.69 Å². The minimum absolute atomic E-state index is 0.0332. The lowest BCUT2D eigenvalue weighted by atomic mass is 9.88. The third-order valence-electron chi connectivity index (χ3n) is 8.10. The number of piperazine rings is 1. The van der Waals surface area contributed by atoms with Gasteiger partial charge in [-0.2, -0.15) is 0 Å². The molecule has 1 amide bonds. The Kier molecular flexibility index (Phi) is 6.62. The van der Waals surface area contributed by atoms with Gasteiger partial charge in [0, 0.05) is 66.1 Å². The molecule has 4 heterocycles. The largest absolute Gasteiger partial charge is 0.367 e. The zero-order chi connectivity index (χ0) is 26.3. The van der Waals surface area contributed by atoms with Gasteiger partial charge >= 0.3 is 0 Å². The molecule has 2 fully saturated rings. The number of H-pyrrole nitrogens is 1. The van der Waals surface area contributed by atoms with Crippen LogP contribution in [0.2, 0.25) is 5.02 Å². The van der Waals surface area contributed by atoms with Gasteiger partial charge in [0.25, 0.3) is 0 Å². The lowest BCUT2D eigenvalue weighted by molar-refractivity contribution is -0.133. The number of hydrogen-bond acceptors (Lipinski definition) is 4. The molecule has 2 aromatic heterocycles. The van der Waals surface area contributed by atoms with Crippen LogP contribution in [0.5, 0.6) is 0 Å². The zero-order valence-electron chi connectivity index (χ0n) is 22.0. The quantitative estimate of drug-likeness (QED) is 0.342. The number of fused-ring (bicyclic) bond motifs is 1. The summed E-state index contributed by atoms with van der Waals surface area (Å²) in [4.78, 5) is 26.5. The van der Waals surface area contributed by atoms with Crippen molar-refractivity contribution in [3.8, 4) is 11.1 Å². The van der Waals surface area contributed by atoms with Gasteiger partial charge in [-0.3, -0.25) is 4.79 Å². The van der Waals surface area contributed by atoms with E-state index in [1.807, 2.05) is 42.7 Å². The van der Waals surface area contributed by atoms with Gasteiger partial charge in [-0.25, -0.2) is 4.98 Å². The number of amides is 1. The van der Waals surface area contributed by atoms with E-state index in [1.165, 1.54) is 5.69 Å². The van der Waals surface area contributed by atoms with Crippen molar-refractivity contribution in [3.63, 3.8) is 0 Å². The molecule has 196 valence electrons. The van der Waals surface area contributed by atoms with Crippen molar-refractivity contribution in [3.05, 3.63) is 83.6 Å². The molecule has 0 spiro atoms. The Labute approximate surface area is 229 Å². The molecular weight excluding hydrogens is 494 g/mol. The molecule has 2 atom stereocenters. The van der Waals surface area contributed by atoms with Crippen LogP contribution in [0.1, 0.15) is 38.2 Å². The molecule has 0 unspecified atom stereocenters. The zero-order valence-corrected chi connectivity index (χ0v) is 22.7. The summed E-state index contributed by atoms with van der Waals surface area (Å²) in [5, 5.41) is 5.54. The van der Waals surface area contributed by atoms with Gasteiger partial charge in [0.15, 0.2) is 0 Å². The van der Waals surface area contributed by atoms with E-state index in [4.69, 9.17) is 11.6 Å². The molecular formula is C31H34ClN5O. The smallest absolute Gasteiger partial charge is 0.231 e. The molecule has 7 heteroatoms. The van der Waals surface area contributed by atoms with Crippen LogP contribution in [-0.4, -0.2) is 58.5 Å². The molecule has 0 bridgehead atoms. The fraction of sp³-hybridized carbons (Fsp3) is 0.355. The third-order valence-corrected chi connectivity index (χ3v) is 8.36. The van der Waals surface area contributed by atoms with Gasteiger partial charge in [0.1, 0.15) is 5.65 Å². The van der Waals surface area contributed by atoms with Crippen LogP contribution in [-0.2, 0) is 4.79 Å². The molecule has 0 aliphatic carbocycles. The molecule has 2 aliphatic heterocycles. The van der Waals surface area contributed by atoms with E-state index < -0.39 is 0 Å². The second-order valence-corrected chi connectivity index (χ2v) is 11.6. The number of hydrogen-bond donors (Lipinski definition) is 2. The summed E-state index contributed by atoms with van der Waals surface area (Å²) in [7, 11) is 0. The van der Waals surface area contributed by atoms with E-state index in [0.29, 0.717) is 18.1 Å². The number of anilines is 1. The highest BCUT2D eigenvalue weighted by Crippen LogP contribution is 2.38. The number of benzene rings is 2. The van der Waals surface area contributed by atoms with Crippen molar-refractivity contribution in [2.75, 3.05) is 31.1 Å². The van der Waals surface area contributed by atoms with Crippen LogP contribution >= 0.6 is 11.6 Å². The standard InChI is InChI=1S/C31H34ClN5O/c1-31(2)14-12-26(35-31)27(22-8-10-23(32)11-9-22)30(38)37-18-16-36(17-19-37)28-24-13-15-33-29(24)34-20-25(28)21-6-4-3-5-7-21/h3-11,13,15,20,26-27,35H,12,14,16-19H2,1-2H3,(H,33,34)/t26-,27-/m0/s1. The van der Waals surface area contributed by atoms with Crippen LogP contribution in [0, 0.1) is 0 Å². The highest BCUT2D eigenvalue weighted by molar-refractivity contribution is 6.30. The first-order chi connectivity index (χ1) is 18.4. The van der Waals surface area contributed by atoms with Gasteiger partial charge in [-0.1, -0.05) is 54.1 Å². The second kappa shape index (κ2) is 10.1. The van der Waals surface area contributed by atoms with E-state index in [1.54, 1.807) is 0 Å². The maximum atomic E-state index is 14.1. The first kappa shape index (κ1) is 25.0. The summed E-state index contributed by atoms with van der Waals surface area (Å²) >= 11 is 6.19. The average Bonchev–Trinajstić information content (AvgIpc) is 3.56. The number of rotatable bonds is 5. The molecule has 2 saturated heterocycles. The topological polar surface area (TPSA) is 64.3 Å². The number of aromatic amines is 1. The Balaban J connectivity index is 1.26. The number of carbonyl (C=O) groups excluding carboxylic acids is 1. The highest BCUT2D eigenvalue weighted by Gasteiger charge is 2.41. The molecule has 2 aromatic carbocycles. The predicted octanol–water partition coefficient (Wildman–Crippen LogP) is 5.85. The number of halogens is 1. The Morgan fingerprint density at radius 3 is 2.45 bits per heavy atom. The number of nitrogens with zero attached hydrogens (tertiary/aromatic N) is 3. The highest BCUT2D eigenvalue weighted by atomic mass is 35.5. The second-order valence-electron chi connectivity index (χ2n) is 11.1. The van der Waals surface area contributed by atoms with Crippen molar-refractivity contribution in [1.82, 2.24) is 20.2 Å². The van der Waals surface area contributed by atoms with Gasteiger partial charge in [-0.05, 0) is 56.0 Å². The molecule has 4 aromatic rings. The van der Waals surface area contributed by atoms with E-state index in [9.17, 15) is 4.79 Å². The molecule has 6 nitrogen and oxygen atoms in total. The molecule has 0 radical (unpaired) electrons. The Hall–Kier alpha value is -3.35. The number of pyridine rings is 1. The van der Waals surface area contributed by atoms with Gasteiger partial charge < -0.3 is 20.1 Å². The molecule has 0 saturated carbocycles. The first-order valence-electron chi connectivity index (χ1n) is 13.5. The third kappa shape index (κ3) is 4.79. The maximum Gasteiger partial charge on any atom is 0.231 e. The summed E-state index contributed by atoms with van der Waals surface area (Å²) in [6.07, 6.45) is 5.95. The summed E-state index contributed by atoms with van der Waals surface area (Å²) in [6, 6.07) is 20.5. The van der Waals surface area contributed by atoms with Crippen molar-refractivity contribution in [1.29, 1.82) is 0 Å². The fourth-order valence-corrected chi connectivity index (χ4v) is 6.27. The summed E-state index contributed by atoms with van der Waals surface area (Å²) in [6.45, 7) is 7.34. The predicted molar refractivity (Wildman–Crippen MR) is 155 cm³/mol. The minimum atomic E-state index is -0.224. The fourth-order valence-electron chi connectivity index (χ4n) is 6.14. The number of nitrogens with one attached hydrogen (secondary N) is 2. The van der Waals surface area contributed by atoms with Crippen LogP contribution < -0.4 is 10.2 Å².